The van der Waals surface area contributed by atoms with Crippen LogP contribution >= 0.6 is 0 Å². The number of amides is 1. The van der Waals surface area contributed by atoms with Gasteiger partial charge >= 0.3 is 0 Å². The van der Waals surface area contributed by atoms with E-state index in [4.69, 9.17) is 10.5 Å². The molecule has 0 aromatic heterocycles. The summed E-state index contributed by atoms with van der Waals surface area (Å²) in [4.78, 5) is 11.4. The fourth-order valence-corrected chi connectivity index (χ4v) is 1.30. The number of para-hydroxylation sites is 1. The number of benzene rings is 1. The first-order chi connectivity index (χ1) is 7.27. The van der Waals surface area contributed by atoms with Gasteiger partial charge in [-0.2, -0.15) is 0 Å². The van der Waals surface area contributed by atoms with Gasteiger partial charge in [-0.25, -0.2) is 0 Å². The summed E-state index contributed by atoms with van der Waals surface area (Å²) in [5, 5.41) is 2.71. The molecule has 0 radical (unpaired) electrons. The summed E-state index contributed by atoms with van der Waals surface area (Å²) in [7, 11) is 1.59. The lowest BCUT2D eigenvalue weighted by Crippen LogP contribution is -2.30. The average molecular weight is 208 g/mol. The standard InChI is InChI=1S/C11H16N2O2/c1-15-10-5-3-2-4-9(10)8-11(14)13-7-6-12/h2-5H,6-8,12H2,1H3,(H,13,14). The van der Waals surface area contributed by atoms with E-state index in [0.29, 0.717) is 19.5 Å². The summed E-state index contributed by atoms with van der Waals surface area (Å²) in [5.74, 6) is 0.699. The predicted molar refractivity (Wildman–Crippen MR) is 58.8 cm³/mol. The van der Waals surface area contributed by atoms with Gasteiger partial charge in [0.15, 0.2) is 0 Å². The molecule has 1 aromatic rings. The van der Waals surface area contributed by atoms with Crippen LogP contribution in [0.1, 0.15) is 5.56 Å². The lowest BCUT2D eigenvalue weighted by Gasteiger charge is -2.07. The van der Waals surface area contributed by atoms with Crippen molar-refractivity contribution in [3.63, 3.8) is 0 Å². The summed E-state index contributed by atoms with van der Waals surface area (Å²) < 4.78 is 5.15. The maximum Gasteiger partial charge on any atom is 0.224 e. The first kappa shape index (κ1) is 11.5. The molecule has 15 heavy (non-hydrogen) atoms. The molecule has 0 aliphatic heterocycles. The second-order valence-corrected chi connectivity index (χ2v) is 3.13. The number of nitrogens with one attached hydrogen (secondary N) is 1. The Bertz CT molecular complexity index is 326. The van der Waals surface area contributed by atoms with Crippen LogP contribution in [0.4, 0.5) is 0 Å². The number of hydrogen-bond donors (Lipinski definition) is 2. The zero-order chi connectivity index (χ0) is 11.1. The Morgan fingerprint density at radius 2 is 2.20 bits per heavy atom. The molecule has 0 atom stereocenters. The second-order valence-electron chi connectivity index (χ2n) is 3.13. The van der Waals surface area contributed by atoms with Crippen molar-refractivity contribution in [2.24, 2.45) is 5.73 Å². The Balaban J connectivity index is 2.59. The van der Waals surface area contributed by atoms with E-state index in [1.165, 1.54) is 0 Å². The van der Waals surface area contributed by atoms with Crippen molar-refractivity contribution in [1.29, 1.82) is 0 Å². The molecule has 0 saturated carbocycles. The Labute approximate surface area is 89.4 Å². The average Bonchev–Trinajstić information content (AvgIpc) is 2.27. The van der Waals surface area contributed by atoms with Gasteiger partial charge in [0.2, 0.25) is 5.91 Å². The van der Waals surface area contributed by atoms with Crippen LogP contribution in [0.5, 0.6) is 5.75 Å². The molecule has 0 heterocycles. The monoisotopic (exact) mass is 208 g/mol. The molecule has 82 valence electrons. The predicted octanol–water partition coefficient (Wildman–Crippen LogP) is 0.313. The number of rotatable bonds is 5. The highest BCUT2D eigenvalue weighted by molar-refractivity contribution is 5.79. The maximum absolute atomic E-state index is 11.4. The zero-order valence-corrected chi connectivity index (χ0v) is 8.82. The minimum Gasteiger partial charge on any atom is -0.496 e. The molecule has 0 fully saturated rings. The van der Waals surface area contributed by atoms with Gasteiger partial charge in [0.25, 0.3) is 0 Å². The van der Waals surface area contributed by atoms with E-state index in [1.54, 1.807) is 7.11 Å². The summed E-state index contributed by atoms with van der Waals surface area (Å²) >= 11 is 0. The SMILES string of the molecule is COc1ccccc1CC(=O)NCCN. The summed E-state index contributed by atoms with van der Waals surface area (Å²) in [6.45, 7) is 0.964. The first-order valence-corrected chi connectivity index (χ1v) is 4.86. The van der Waals surface area contributed by atoms with E-state index < -0.39 is 0 Å². The molecule has 3 N–H and O–H groups in total. The van der Waals surface area contributed by atoms with Crippen LogP contribution in [0.15, 0.2) is 24.3 Å². The van der Waals surface area contributed by atoms with Crippen LogP contribution < -0.4 is 15.8 Å². The normalized spacial score (nSPS) is 9.73. The number of carbonyl (C=O) groups excluding carboxylic acids is 1. The van der Waals surface area contributed by atoms with Crippen LogP contribution in [-0.2, 0) is 11.2 Å². The van der Waals surface area contributed by atoms with Gasteiger partial charge in [-0.3, -0.25) is 4.79 Å². The van der Waals surface area contributed by atoms with Crippen LogP contribution in [-0.4, -0.2) is 26.1 Å². The highest BCUT2D eigenvalue weighted by Crippen LogP contribution is 2.17. The van der Waals surface area contributed by atoms with Crippen LogP contribution in [0.25, 0.3) is 0 Å². The van der Waals surface area contributed by atoms with Crippen molar-refractivity contribution >= 4 is 5.91 Å². The third kappa shape index (κ3) is 3.59. The topological polar surface area (TPSA) is 64.3 Å². The van der Waals surface area contributed by atoms with Crippen molar-refractivity contribution in [2.75, 3.05) is 20.2 Å². The van der Waals surface area contributed by atoms with Crippen LogP contribution in [0, 0.1) is 0 Å². The number of carbonyl (C=O) groups is 1. The van der Waals surface area contributed by atoms with Crippen molar-refractivity contribution in [1.82, 2.24) is 5.32 Å². The number of hydrogen-bond acceptors (Lipinski definition) is 3. The molecule has 0 aliphatic carbocycles. The van der Waals surface area contributed by atoms with Crippen molar-refractivity contribution in [2.45, 2.75) is 6.42 Å². The second kappa shape index (κ2) is 6.03. The summed E-state index contributed by atoms with van der Waals surface area (Å²) in [6, 6.07) is 7.47. The first-order valence-electron chi connectivity index (χ1n) is 4.86. The zero-order valence-electron chi connectivity index (χ0n) is 8.82. The van der Waals surface area contributed by atoms with Crippen molar-refractivity contribution in [3.8, 4) is 5.75 Å². The Morgan fingerprint density at radius 1 is 1.47 bits per heavy atom. The molecule has 0 unspecified atom stereocenters. The van der Waals surface area contributed by atoms with Crippen LogP contribution in [0.3, 0.4) is 0 Å². The molecule has 4 heteroatoms. The Hall–Kier alpha value is -1.55. The molecule has 0 aliphatic rings. The molecule has 0 spiro atoms. The lowest BCUT2D eigenvalue weighted by atomic mass is 10.1. The van der Waals surface area contributed by atoms with E-state index in [2.05, 4.69) is 5.32 Å². The van der Waals surface area contributed by atoms with E-state index in [-0.39, 0.29) is 5.91 Å². The number of nitrogens with two attached hydrogens (primary N) is 1. The largest absolute Gasteiger partial charge is 0.496 e. The summed E-state index contributed by atoms with van der Waals surface area (Å²) in [6.07, 6.45) is 0.323. The number of methoxy groups -OCH3 is 1. The van der Waals surface area contributed by atoms with Crippen molar-refractivity contribution < 1.29 is 9.53 Å². The minimum absolute atomic E-state index is 0.0371. The van der Waals surface area contributed by atoms with Crippen LogP contribution in [0.2, 0.25) is 0 Å². The van der Waals surface area contributed by atoms with Crippen molar-refractivity contribution in [3.05, 3.63) is 29.8 Å². The van der Waals surface area contributed by atoms with E-state index in [1.807, 2.05) is 24.3 Å². The maximum atomic E-state index is 11.4. The van der Waals surface area contributed by atoms with E-state index in [0.717, 1.165) is 11.3 Å². The highest BCUT2D eigenvalue weighted by atomic mass is 16.5. The highest BCUT2D eigenvalue weighted by Gasteiger charge is 2.06. The molecule has 1 aromatic carbocycles. The Kier molecular flexibility index (Phi) is 4.63. The van der Waals surface area contributed by atoms with Gasteiger partial charge in [0.05, 0.1) is 13.5 Å². The molecule has 0 saturated heterocycles. The molecule has 1 amide bonds. The third-order valence-corrected chi connectivity index (χ3v) is 2.01. The minimum atomic E-state index is -0.0371. The third-order valence-electron chi connectivity index (χ3n) is 2.01. The van der Waals surface area contributed by atoms with E-state index in [9.17, 15) is 4.79 Å². The quantitative estimate of drug-likeness (QED) is 0.732. The molecule has 0 bridgehead atoms. The fourth-order valence-electron chi connectivity index (χ4n) is 1.30. The van der Waals surface area contributed by atoms with Gasteiger partial charge in [-0.1, -0.05) is 18.2 Å². The van der Waals surface area contributed by atoms with Gasteiger partial charge in [-0.15, -0.1) is 0 Å². The molecular weight excluding hydrogens is 192 g/mol. The van der Waals surface area contributed by atoms with Gasteiger partial charge < -0.3 is 15.8 Å². The molecule has 4 nitrogen and oxygen atoms in total. The molecule has 1 rings (SSSR count). The van der Waals surface area contributed by atoms with Gasteiger partial charge in [0, 0.05) is 18.7 Å². The fraction of sp³-hybridized carbons (Fsp3) is 0.364. The molecular formula is C11H16N2O2. The van der Waals surface area contributed by atoms with Gasteiger partial charge in [-0.05, 0) is 6.07 Å². The van der Waals surface area contributed by atoms with E-state index >= 15 is 0 Å². The summed E-state index contributed by atoms with van der Waals surface area (Å²) in [5.41, 5.74) is 6.17. The smallest absolute Gasteiger partial charge is 0.224 e. The lowest BCUT2D eigenvalue weighted by molar-refractivity contribution is -0.120. The van der Waals surface area contributed by atoms with Gasteiger partial charge in [0.1, 0.15) is 5.75 Å². The number of ether oxygens (including phenoxy) is 1. The Morgan fingerprint density at radius 3 is 2.87 bits per heavy atom.